The van der Waals surface area contributed by atoms with Gasteiger partial charge in [0.2, 0.25) is 0 Å². The van der Waals surface area contributed by atoms with Gasteiger partial charge in [0, 0.05) is 1.37 Å². The van der Waals surface area contributed by atoms with E-state index in [1.165, 1.54) is 32.1 Å². The molecule has 0 aromatic rings. The molecule has 1 rings (SSSR count). The molecule has 0 aromatic heterocycles. The van der Waals surface area contributed by atoms with Crippen molar-refractivity contribution >= 4 is 0 Å². The zero-order valence-electron chi connectivity index (χ0n) is 9.95. The number of unbranched alkanes of at least 4 members (excludes halogenated alkanes) is 5. The molecule has 1 atom stereocenters. The fourth-order valence-corrected chi connectivity index (χ4v) is 1.64. The van der Waals surface area contributed by atoms with E-state index in [-0.39, 0.29) is 0 Å². The highest BCUT2D eigenvalue weighted by molar-refractivity contribution is 5.07. The number of ether oxygens (including phenoxy) is 1. The van der Waals surface area contributed by atoms with E-state index >= 15 is 0 Å². The standard InChI is InChI=1S/C13H22O/c1-2-3-4-5-6-7-10-13-11-8-9-12-14-13/h8-9,11-13H,2-7,10H2,1H3/i1D. The van der Waals surface area contributed by atoms with Crippen molar-refractivity contribution in [3.05, 3.63) is 24.5 Å². The Morgan fingerprint density at radius 2 is 2.00 bits per heavy atom. The largest absolute Gasteiger partial charge is 0.494 e. The topological polar surface area (TPSA) is 9.23 Å². The summed E-state index contributed by atoms with van der Waals surface area (Å²) >= 11 is 0. The molecule has 1 aliphatic rings. The molecular weight excluding hydrogens is 172 g/mol. The molecule has 80 valence electrons. The van der Waals surface area contributed by atoms with Crippen LogP contribution in [0, 0.1) is 0 Å². The van der Waals surface area contributed by atoms with Gasteiger partial charge in [0.25, 0.3) is 0 Å². The Balaban J connectivity index is 1.84. The fourth-order valence-electron chi connectivity index (χ4n) is 1.64. The van der Waals surface area contributed by atoms with Gasteiger partial charge in [-0.15, -0.1) is 0 Å². The van der Waals surface area contributed by atoms with Crippen molar-refractivity contribution in [2.45, 2.75) is 57.9 Å². The zero-order valence-corrected chi connectivity index (χ0v) is 8.95. The van der Waals surface area contributed by atoms with Gasteiger partial charge in [-0.25, -0.2) is 0 Å². The Kier molecular flexibility index (Phi) is 5.37. The van der Waals surface area contributed by atoms with Gasteiger partial charge in [0.1, 0.15) is 6.10 Å². The Morgan fingerprint density at radius 3 is 2.79 bits per heavy atom. The van der Waals surface area contributed by atoms with Crippen LogP contribution in [0.25, 0.3) is 0 Å². The summed E-state index contributed by atoms with van der Waals surface area (Å²) in [4.78, 5) is 0. The van der Waals surface area contributed by atoms with Crippen LogP contribution in [0.15, 0.2) is 24.5 Å². The highest BCUT2D eigenvalue weighted by Gasteiger charge is 2.04. The molecule has 1 heteroatoms. The van der Waals surface area contributed by atoms with Crippen LogP contribution in [0.2, 0.25) is 0 Å². The molecule has 1 aliphatic heterocycles. The number of hydrogen-bond donors (Lipinski definition) is 0. The third-order valence-electron chi connectivity index (χ3n) is 2.51. The minimum atomic E-state index is 0.309. The third-order valence-corrected chi connectivity index (χ3v) is 2.51. The number of allylic oxidation sites excluding steroid dienone is 2. The minimum Gasteiger partial charge on any atom is -0.494 e. The van der Waals surface area contributed by atoms with E-state index in [4.69, 9.17) is 6.11 Å². The second-order valence-corrected chi connectivity index (χ2v) is 3.80. The highest BCUT2D eigenvalue weighted by atomic mass is 16.5. The van der Waals surface area contributed by atoms with E-state index in [1.54, 1.807) is 6.26 Å². The summed E-state index contributed by atoms with van der Waals surface area (Å²) in [6.45, 7) is 0.590. The Labute approximate surface area is 89.3 Å². The van der Waals surface area contributed by atoms with Crippen molar-refractivity contribution < 1.29 is 6.11 Å². The van der Waals surface area contributed by atoms with Gasteiger partial charge in [0.05, 0.1) is 6.26 Å². The fraction of sp³-hybridized carbons (Fsp3) is 0.692. The predicted molar refractivity (Wildman–Crippen MR) is 61.1 cm³/mol. The summed E-state index contributed by atoms with van der Waals surface area (Å²) in [7, 11) is 0. The van der Waals surface area contributed by atoms with Crippen molar-refractivity contribution in [3.8, 4) is 0 Å². The first-order chi connectivity index (χ1) is 7.43. The molecule has 0 radical (unpaired) electrons. The lowest BCUT2D eigenvalue weighted by Crippen LogP contribution is -2.07. The smallest absolute Gasteiger partial charge is 0.116 e. The normalized spacial score (nSPS) is 20.6. The molecule has 0 amide bonds. The zero-order chi connectivity index (χ0) is 10.8. The lowest BCUT2D eigenvalue weighted by molar-refractivity contribution is 0.170. The van der Waals surface area contributed by atoms with Crippen molar-refractivity contribution in [1.29, 1.82) is 0 Å². The minimum absolute atomic E-state index is 0.309. The molecule has 0 spiro atoms. The van der Waals surface area contributed by atoms with Crippen LogP contribution in [-0.2, 0) is 4.74 Å². The second-order valence-electron chi connectivity index (χ2n) is 3.80. The van der Waals surface area contributed by atoms with Crippen LogP contribution in [0.5, 0.6) is 0 Å². The van der Waals surface area contributed by atoms with Crippen LogP contribution < -0.4 is 0 Å². The van der Waals surface area contributed by atoms with E-state index < -0.39 is 0 Å². The molecule has 0 N–H and O–H groups in total. The maximum atomic E-state index is 7.02. The van der Waals surface area contributed by atoms with Crippen LogP contribution in [0.3, 0.4) is 0 Å². The average molecular weight is 195 g/mol. The lowest BCUT2D eigenvalue weighted by atomic mass is 10.1. The van der Waals surface area contributed by atoms with Crippen molar-refractivity contribution in [1.82, 2.24) is 0 Å². The maximum Gasteiger partial charge on any atom is 0.116 e. The first-order valence-corrected chi connectivity index (χ1v) is 5.71. The molecule has 1 unspecified atom stereocenters. The molecule has 1 heterocycles. The van der Waals surface area contributed by atoms with E-state index in [9.17, 15) is 0 Å². The van der Waals surface area contributed by atoms with Crippen LogP contribution >= 0.6 is 0 Å². The summed E-state index contributed by atoms with van der Waals surface area (Å²) in [5.41, 5.74) is 0. The SMILES string of the molecule is [2H]CCCCCCCCC1C=CC=CO1. The number of hydrogen-bond acceptors (Lipinski definition) is 1. The van der Waals surface area contributed by atoms with Crippen molar-refractivity contribution in [2.24, 2.45) is 0 Å². The lowest BCUT2D eigenvalue weighted by Gasteiger charge is -2.14. The monoisotopic (exact) mass is 195 g/mol. The molecule has 1 nitrogen and oxygen atoms in total. The van der Waals surface area contributed by atoms with Gasteiger partial charge in [-0.3, -0.25) is 0 Å². The summed E-state index contributed by atoms with van der Waals surface area (Å²) in [5, 5.41) is 0. The quantitative estimate of drug-likeness (QED) is 0.553. The molecular formula is C13H22O. The summed E-state index contributed by atoms with van der Waals surface area (Å²) in [6, 6.07) is 0. The van der Waals surface area contributed by atoms with E-state index in [1.807, 2.05) is 6.08 Å². The van der Waals surface area contributed by atoms with Gasteiger partial charge in [0.15, 0.2) is 0 Å². The molecule has 0 aromatic carbocycles. The molecule has 0 bridgehead atoms. The Hall–Kier alpha value is -0.720. The van der Waals surface area contributed by atoms with Gasteiger partial charge >= 0.3 is 0 Å². The first-order valence-electron chi connectivity index (χ1n) is 6.42. The third kappa shape index (κ3) is 5.11. The van der Waals surface area contributed by atoms with E-state index in [0.29, 0.717) is 13.0 Å². The van der Waals surface area contributed by atoms with Gasteiger partial charge < -0.3 is 4.74 Å². The molecule has 0 fully saturated rings. The molecule has 0 saturated heterocycles. The van der Waals surface area contributed by atoms with Crippen molar-refractivity contribution in [3.63, 3.8) is 0 Å². The van der Waals surface area contributed by atoms with Gasteiger partial charge in [-0.2, -0.15) is 0 Å². The first kappa shape index (κ1) is 9.82. The van der Waals surface area contributed by atoms with Crippen LogP contribution in [0.1, 0.15) is 53.2 Å². The number of rotatable bonds is 7. The van der Waals surface area contributed by atoms with Crippen molar-refractivity contribution in [2.75, 3.05) is 0 Å². The highest BCUT2D eigenvalue weighted by Crippen LogP contribution is 2.13. The molecule has 14 heavy (non-hydrogen) atoms. The molecule has 0 aliphatic carbocycles. The average Bonchev–Trinajstić information content (AvgIpc) is 2.29. The second kappa shape index (κ2) is 7.66. The van der Waals surface area contributed by atoms with Crippen LogP contribution in [-0.4, -0.2) is 6.10 Å². The Morgan fingerprint density at radius 1 is 1.14 bits per heavy atom. The Bertz CT molecular complexity index is 199. The molecule has 0 saturated carbocycles. The predicted octanol–water partition coefficient (Wildman–Crippen LogP) is 4.21. The maximum absolute atomic E-state index is 7.02. The van der Waals surface area contributed by atoms with Gasteiger partial charge in [-0.05, 0) is 25.0 Å². The van der Waals surface area contributed by atoms with E-state index in [0.717, 1.165) is 12.8 Å². The summed E-state index contributed by atoms with van der Waals surface area (Å²) in [5.74, 6) is 0. The summed E-state index contributed by atoms with van der Waals surface area (Å²) in [6.07, 6.45) is 16.8. The van der Waals surface area contributed by atoms with Gasteiger partial charge in [-0.1, -0.05) is 45.1 Å². The summed E-state index contributed by atoms with van der Waals surface area (Å²) < 4.78 is 12.5. The van der Waals surface area contributed by atoms with E-state index in [2.05, 4.69) is 12.2 Å². The van der Waals surface area contributed by atoms with Crippen LogP contribution in [0.4, 0.5) is 0 Å².